The van der Waals surface area contributed by atoms with Crippen LogP contribution in [0, 0.1) is 11.3 Å². The quantitative estimate of drug-likeness (QED) is 0.821. The molecule has 0 unspecified atom stereocenters. The first-order valence-electron chi connectivity index (χ1n) is 5.08. The second-order valence-electron chi connectivity index (χ2n) is 3.84. The Labute approximate surface area is 118 Å². The average Bonchev–Trinajstić information content (AvgIpc) is 2.34. The van der Waals surface area contributed by atoms with Gasteiger partial charge in [-0.3, -0.25) is 0 Å². The predicted octanol–water partition coefficient (Wildman–Crippen LogP) is 0.0343. The molecule has 0 atom stereocenters. The van der Waals surface area contributed by atoms with Crippen LogP contribution in [-0.2, 0) is 26.0 Å². The Morgan fingerprint density at radius 2 is 1.76 bits per heavy atom. The highest BCUT2D eigenvalue weighted by Gasteiger charge is 2.35. The molecule has 0 aliphatic carbocycles. The molecule has 1 rings (SSSR count). The largest absolute Gasteiger partial charge is 0.433 e. The molecule has 0 radical (unpaired) electrons. The first kappa shape index (κ1) is 17.3. The molecular formula is C9H8F3N3O4S2. The van der Waals surface area contributed by atoms with E-state index in [1.165, 1.54) is 6.07 Å². The maximum atomic E-state index is 12.5. The minimum Gasteiger partial charge on any atom is -0.230 e. The van der Waals surface area contributed by atoms with Gasteiger partial charge in [-0.15, -0.1) is 0 Å². The van der Waals surface area contributed by atoms with Gasteiger partial charge in [-0.05, 0) is 12.1 Å². The van der Waals surface area contributed by atoms with E-state index in [2.05, 4.69) is 10.1 Å². The Bertz CT molecular complexity index is 795. The summed E-state index contributed by atoms with van der Waals surface area (Å²) in [6.45, 7) is 0. The number of halogens is 3. The zero-order valence-corrected chi connectivity index (χ0v) is 11.8. The maximum absolute atomic E-state index is 12.5. The van der Waals surface area contributed by atoms with E-state index in [0.717, 1.165) is 0 Å². The summed E-state index contributed by atoms with van der Waals surface area (Å²) < 4.78 is 82.7. The lowest BCUT2D eigenvalue weighted by molar-refractivity contribution is -0.141. The topological polar surface area (TPSA) is 131 Å². The summed E-state index contributed by atoms with van der Waals surface area (Å²) in [5.74, 6) is -2.08. The second kappa shape index (κ2) is 5.58. The van der Waals surface area contributed by atoms with Gasteiger partial charge in [0.2, 0.25) is 10.0 Å². The molecule has 7 nitrogen and oxygen atoms in total. The first-order chi connectivity index (χ1) is 9.37. The third kappa shape index (κ3) is 4.66. The minimum absolute atomic E-state index is 0.456. The molecule has 1 heterocycles. The van der Waals surface area contributed by atoms with E-state index in [-0.39, 0.29) is 0 Å². The van der Waals surface area contributed by atoms with E-state index in [4.69, 9.17) is 5.26 Å². The number of nitrogens with zero attached hydrogens (tertiary/aromatic N) is 2. The average molecular weight is 343 g/mol. The van der Waals surface area contributed by atoms with Gasteiger partial charge in [0.25, 0.3) is 0 Å². The standard InChI is InChI=1S/C9H8F3N3O4S2/c10-9(11,12)7-2-1-6(5-13)8(15-7)20(16,17)3-4-21(14,18)19/h1-2H,3-4H2,(H2,14,18,19). The molecule has 0 spiro atoms. The molecule has 12 heteroatoms. The Kier molecular flexibility index (Phi) is 4.61. The van der Waals surface area contributed by atoms with E-state index in [1.54, 1.807) is 0 Å². The number of pyridine rings is 1. The molecule has 116 valence electrons. The highest BCUT2D eigenvalue weighted by atomic mass is 32.2. The third-order valence-corrected chi connectivity index (χ3v) is 4.88. The number of rotatable bonds is 4. The SMILES string of the molecule is N#Cc1ccc(C(F)(F)F)nc1S(=O)(=O)CCS(N)(=O)=O. The molecule has 0 saturated carbocycles. The van der Waals surface area contributed by atoms with Crippen LogP contribution in [0.4, 0.5) is 13.2 Å². The number of nitriles is 1. The lowest BCUT2D eigenvalue weighted by Gasteiger charge is -2.09. The molecule has 0 amide bonds. The summed E-state index contributed by atoms with van der Waals surface area (Å²) in [6, 6.07) is 2.50. The van der Waals surface area contributed by atoms with Gasteiger partial charge >= 0.3 is 6.18 Å². The van der Waals surface area contributed by atoms with Crippen LogP contribution in [0.1, 0.15) is 11.3 Å². The van der Waals surface area contributed by atoms with Crippen LogP contribution in [-0.4, -0.2) is 33.3 Å². The van der Waals surface area contributed by atoms with Crippen LogP contribution < -0.4 is 5.14 Å². The maximum Gasteiger partial charge on any atom is 0.433 e. The molecule has 0 aromatic carbocycles. The Morgan fingerprint density at radius 3 is 2.19 bits per heavy atom. The summed E-state index contributed by atoms with van der Waals surface area (Å²) in [6.07, 6.45) is -4.90. The number of aromatic nitrogens is 1. The van der Waals surface area contributed by atoms with E-state index in [0.29, 0.717) is 12.1 Å². The van der Waals surface area contributed by atoms with Crippen molar-refractivity contribution in [3.05, 3.63) is 23.4 Å². The molecule has 0 bridgehead atoms. The molecule has 1 aromatic heterocycles. The highest BCUT2D eigenvalue weighted by Crippen LogP contribution is 2.29. The van der Waals surface area contributed by atoms with Crippen molar-refractivity contribution in [3.63, 3.8) is 0 Å². The van der Waals surface area contributed by atoms with Gasteiger partial charge in [0.05, 0.1) is 17.1 Å². The monoisotopic (exact) mass is 343 g/mol. The number of hydrogen-bond donors (Lipinski definition) is 1. The van der Waals surface area contributed by atoms with Crippen molar-refractivity contribution in [3.8, 4) is 6.07 Å². The molecule has 1 aromatic rings. The first-order valence-corrected chi connectivity index (χ1v) is 8.45. The lowest BCUT2D eigenvalue weighted by atomic mass is 10.2. The number of sulfonamides is 1. The van der Waals surface area contributed by atoms with Crippen molar-refractivity contribution in [2.24, 2.45) is 5.14 Å². The van der Waals surface area contributed by atoms with Gasteiger partial charge in [0, 0.05) is 0 Å². The molecule has 2 N–H and O–H groups in total. The van der Waals surface area contributed by atoms with E-state index < -0.39 is 53.8 Å². The zero-order valence-electron chi connectivity index (χ0n) is 10.1. The van der Waals surface area contributed by atoms with Gasteiger partial charge in [-0.1, -0.05) is 0 Å². The lowest BCUT2D eigenvalue weighted by Crippen LogP contribution is -2.24. The predicted molar refractivity (Wildman–Crippen MR) is 64.0 cm³/mol. The van der Waals surface area contributed by atoms with Gasteiger partial charge in [-0.25, -0.2) is 27.0 Å². The smallest absolute Gasteiger partial charge is 0.230 e. The Hall–Kier alpha value is -1.71. The fourth-order valence-corrected chi connectivity index (χ4v) is 3.93. The van der Waals surface area contributed by atoms with Crippen molar-refractivity contribution in [2.45, 2.75) is 11.2 Å². The van der Waals surface area contributed by atoms with E-state index in [9.17, 15) is 30.0 Å². The van der Waals surface area contributed by atoms with Crippen LogP contribution in [0.3, 0.4) is 0 Å². The molecule has 0 saturated heterocycles. The van der Waals surface area contributed by atoms with Crippen molar-refractivity contribution in [1.29, 1.82) is 5.26 Å². The summed E-state index contributed by atoms with van der Waals surface area (Å²) in [7, 11) is -8.65. The van der Waals surface area contributed by atoms with Gasteiger partial charge in [-0.2, -0.15) is 18.4 Å². The van der Waals surface area contributed by atoms with E-state index in [1.807, 2.05) is 0 Å². The number of sulfone groups is 1. The number of alkyl halides is 3. The Balaban J connectivity index is 3.37. The van der Waals surface area contributed by atoms with Gasteiger partial charge in [0.15, 0.2) is 14.9 Å². The highest BCUT2D eigenvalue weighted by molar-refractivity contribution is 7.94. The molecule has 0 aliphatic rings. The molecular weight excluding hydrogens is 335 g/mol. The second-order valence-corrected chi connectivity index (χ2v) is 7.60. The van der Waals surface area contributed by atoms with Crippen molar-refractivity contribution < 1.29 is 30.0 Å². The van der Waals surface area contributed by atoms with Crippen LogP contribution >= 0.6 is 0 Å². The zero-order chi connectivity index (χ0) is 16.5. The summed E-state index contributed by atoms with van der Waals surface area (Å²) in [5.41, 5.74) is -2.12. The Morgan fingerprint density at radius 1 is 1.19 bits per heavy atom. The summed E-state index contributed by atoms with van der Waals surface area (Å²) in [5, 5.41) is 12.2. The van der Waals surface area contributed by atoms with Crippen molar-refractivity contribution in [1.82, 2.24) is 4.98 Å². The summed E-state index contributed by atoms with van der Waals surface area (Å²) >= 11 is 0. The van der Waals surface area contributed by atoms with Crippen molar-refractivity contribution in [2.75, 3.05) is 11.5 Å². The number of primary sulfonamides is 1. The molecule has 21 heavy (non-hydrogen) atoms. The third-order valence-electron chi connectivity index (χ3n) is 2.20. The van der Waals surface area contributed by atoms with Crippen LogP contribution in [0.5, 0.6) is 0 Å². The van der Waals surface area contributed by atoms with E-state index >= 15 is 0 Å². The van der Waals surface area contributed by atoms with Crippen molar-refractivity contribution >= 4 is 19.9 Å². The molecule has 0 fully saturated rings. The fraction of sp³-hybridized carbons (Fsp3) is 0.333. The van der Waals surface area contributed by atoms with Crippen LogP contribution in [0.15, 0.2) is 17.2 Å². The minimum atomic E-state index is -4.90. The van der Waals surface area contributed by atoms with Crippen LogP contribution in [0.2, 0.25) is 0 Å². The van der Waals surface area contributed by atoms with Crippen LogP contribution in [0.25, 0.3) is 0 Å². The normalized spacial score (nSPS) is 12.9. The number of hydrogen-bond acceptors (Lipinski definition) is 6. The molecule has 0 aliphatic heterocycles. The number of nitrogens with two attached hydrogens (primary N) is 1. The summed E-state index contributed by atoms with van der Waals surface area (Å²) in [4.78, 5) is 2.92. The van der Waals surface area contributed by atoms with Gasteiger partial charge in [0.1, 0.15) is 11.8 Å². The van der Waals surface area contributed by atoms with Gasteiger partial charge < -0.3 is 0 Å². The fourth-order valence-electron chi connectivity index (χ4n) is 1.24.